The molecule has 1 fully saturated rings. The van der Waals surface area contributed by atoms with E-state index in [1.165, 1.54) is 0 Å². The number of hydrogen-bond acceptors (Lipinski definition) is 3. The maximum absolute atomic E-state index is 11.2. The first-order valence-electron chi connectivity index (χ1n) is 4.63. The Balaban J connectivity index is 1.80. The molecular weight excluding hydrogens is 180 g/mol. The van der Waals surface area contributed by atoms with Gasteiger partial charge in [-0.1, -0.05) is 30.3 Å². The van der Waals surface area contributed by atoms with Gasteiger partial charge in [0.15, 0.2) is 6.10 Å². The van der Waals surface area contributed by atoms with Gasteiger partial charge in [-0.25, -0.2) is 4.79 Å². The van der Waals surface area contributed by atoms with Crippen molar-refractivity contribution in [1.29, 1.82) is 0 Å². The van der Waals surface area contributed by atoms with E-state index in [0.717, 1.165) is 5.56 Å². The number of esters is 1. The SMILES string of the molecule is CC1OC1C(=O)OCc1ccccc1. The van der Waals surface area contributed by atoms with Gasteiger partial charge in [0.25, 0.3) is 0 Å². The predicted molar refractivity (Wildman–Crippen MR) is 50.6 cm³/mol. The van der Waals surface area contributed by atoms with Crippen LogP contribution in [0.5, 0.6) is 0 Å². The Hall–Kier alpha value is -1.35. The van der Waals surface area contributed by atoms with Crippen molar-refractivity contribution >= 4 is 5.97 Å². The lowest BCUT2D eigenvalue weighted by molar-refractivity contribution is -0.146. The Morgan fingerprint density at radius 2 is 2.07 bits per heavy atom. The summed E-state index contributed by atoms with van der Waals surface area (Å²) in [4.78, 5) is 11.2. The molecule has 1 saturated heterocycles. The highest BCUT2D eigenvalue weighted by Crippen LogP contribution is 2.22. The highest BCUT2D eigenvalue weighted by atomic mass is 16.6. The monoisotopic (exact) mass is 192 g/mol. The fourth-order valence-electron chi connectivity index (χ4n) is 1.24. The maximum Gasteiger partial charge on any atom is 0.338 e. The lowest BCUT2D eigenvalue weighted by Crippen LogP contribution is -2.12. The van der Waals surface area contributed by atoms with Gasteiger partial charge in [0, 0.05) is 0 Å². The Morgan fingerprint density at radius 3 is 2.64 bits per heavy atom. The van der Waals surface area contributed by atoms with E-state index in [2.05, 4.69) is 0 Å². The molecule has 0 N–H and O–H groups in total. The minimum atomic E-state index is -0.335. The number of carbonyl (C=O) groups is 1. The summed E-state index contributed by atoms with van der Waals surface area (Å²) in [6.07, 6.45) is -0.308. The van der Waals surface area contributed by atoms with Crippen molar-refractivity contribution in [3.8, 4) is 0 Å². The van der Waals surface area contributed by atoms with Crippen molar-refractivity contribution in [2.45, 2.75) is 25.7 Å². The summed E-state index contributed by atoms with van der Waals surface area (Å²) in [7, 11) is 0. The van der Waals surface area contributed by atoms with Crippen LogP contribution in [0.2, 0.25) is 0 Å². The molecule has 3 nitrogen and oxygen atoms in total. The largest absolute Gasteiger partial charge is 0.459 e. The average Bonchev–Trinajstić information content (AvgIpc) is 2.94. The summed E-state index contributed by atoms with van der Waals surface area (Å²) < 4.78 is 10.1. The number of hydrogen-bond donors (Lipinski definition) is 0. The van der Waals surface area contributed by atoms with E-state index < -0.39 is 0 Å². The Kier molecular flexibility index (Phi) is 2.50. The van der Waals surface area contributed by atoms with Crippen LogP contribution in [-0.2, 0) is 20.9 Å². The van der Waals surface area contributed by atoms with Crippen LogP contribution in [0.25, 0.3) is 0 Å². The first-order valence-corrected chi connectivity index (χ1v) is 4.63. The topological polar surface area (TPSA) is 38.8 Å². The summed E-state index contributed by atoms with van der Waals surface area (Å²) in [5.74, 6) is -0.263. The van der Waals surface area contributed by atoms with E-state index in [1.54, 1.807) is 0 Å². The molecule has 2 atom stereocenters. The van der Waals surface area contributed by atoms with Crippen LogP contribution in [0.4, 0.5) is 0 Å². The van der Waals surface area contributed by atoms with E-state index in [-0.39, 0.29) is 18.2 Å². The standard InChI is InChI=1S/C11H12O3/c1-8-10(14-8)11(12)13-7-9-5-3-2-4-6-9/h2-6,8,10H,7H2,1H3. The van der Waals surface area contributed by atoms with Crippen LogP contribution in [0.1, 0.15) is 12.5 Å². The Bertz CT molecular complexity index is 321. The van der Waals surface area contributed by atoms with Crippen LogP contribution < -0.4 is 0 Å². The minimum Gasteiger partial charge on any atom is -0.459 e. The van der Waals surface area contributed by atoms with Gasteiger partial charge in [0.1, 0.15) is 6.61 Å². The summed E-state index contributed by atoms with van der Waals surface area (Å²) >= 11 is 0. The van der Waals surface area contributed by atoms with Gasteiger partial charge in [0.2, 0.25) is 0 Å². The van der Waals surface area contributed by atoms with Gasteiger partial charge in [-0.15, -0.1) is 0 Å². The van der Waals surface area contributed by atoms with Crippen LogP contribution in [0.15, 0.2) is 30.3 Å². The second-order valence-electron chi connectivity index (χ2n) is 3.36. The highest BCUT2D eigenvalue weighted by molar-refractivity contribution is 5.77. The number of carbonyl (C=O) groups excluding carboxylic acids is 1. The van der Waals surface area contributed by atoms with Crippen LogP contribution in [0, 0.1) is 0 Å². The molecule has 0 radical (unpaired) electrons. The third-order valence-electron chi connectivity index (χ3n) is 2.17. The van der Waals surface area contributed by atoms with Crippen molar-refractivity contribution in [3.63, 3.8) is 0 Å². The molecule has 1 aliphatic heterocycles. The number of benzene rings is 1. The summed E-state index contributed by atoms with van der Waals surface area (Å²) in [6, 6.07) is 9.60. The van der Waals surface area contributed by atoms with E-state index in [9.17, 15) is 4.79 Å². The van der Waals surface area contributed by atoms with Gasteiger partial charge in [-0.3, -0.25) is 0 Å². The normalized spacial score (nSPS) is 24.4. The average molecular weight is 192 g/mol. The second kappa shape index (κ2) is 3.80. The number of epoxide rings is 1. The van der Waals surface area contributed by atoms with Gasteiger partial charge in [-0.05, 0) is 12.5 Å². The maximum atomic E-state index is 11.2. The molecule has 0 bridgehead atoms. The quantitative estimate of drug-likeness (QED) is 0.538. The highest BCUT2D eigenvalue weighted by Gasteiger charge is 2.42. The molecular formula is C11H12O3. The van der Waals surface area contributed by atoms with Crippen LogP contribution in [0.3, 0.4) is 0 Å². The molecule has 0 aromatic heterocycles. The van der Waals surface area contributed by atoms with Crippen molar-refractivity contribution in [3.05, 3.63) is 35.9 Å². The van der Waals surface area contributed by atoms with Gasteiger partial charge >= 0.3 is 5.97 Å². The molecule has 0 saturated carbocycles. The van der Waals surface area contributed by atoms with E-state index in [4.69, 9.17) is 9.47 Å². The molecule has 0 aliphatic carbocycles. The van der Waals surface area contributed by atoms with Crippen LogP contribution in [-0.4, -0.2) is 18.2 Å². The molecule has 1 aromatic rings. The number of rotatable bonds is 3. The molecule has 1 heterocycles. The smallest absolute Gasteiger partial charge is 0.338 e. The zero-order chi connectivity index (χ0) is 9.97. The van der Waals surface area contributed by atoms with E-state index in [0.29, 0.717) is 6.61 Å². The second-order valence-corrected chi connectivity index (χ2v) is 3.36. The lowest BCUT2D eigenvalue weighted by Gasteiger charge is -2.02. The fraction of sp³-hybridized carbons (Fsp3) is 0.364. The lowest BCUT2D eigenvalue weighted by atomic mass is 10.2. The van der Waals surface area contributed by atoms with Crippen molar-refractivity contribution in [1.82, 2.24) is 0 Å². The Labute approximate surface area is 82.6 Å². The van der Waals surface area contributed by atoms with Gasteiger partial charge in [-0.2, -0.15) is 0 Å². The third kappa shape index (κ3) is 2.12. The predicted octanol–water partition coefficient (Wildman–Crippen LogP) is 1.52. The Morgan fingerprint density at radius 1 is 1.43 bits per heavy atom. The van der Waals surface area contributed by atoms with Crippen molar-refractivity contribution in [2.24, 2.45) is 0 Å². The van der Waals surface area contributed by atoms with Crippen molar-refractivity contribution < 1.29 is 14.3 Å². The van der Waals surface area contributed by atoms with Gasteiger partial charge < -0.3 is 9.47 Å². The van der Waals surface area contributed by atoms with E-state index in [1.807, 2.05) is 37.3 Å². The molecule has 2 unspecified atom stereocenters. The molecule has 3 heteroatoms. The summed E-state index contributed by atoms with van der Waals surface area (Å²) in [5.41, 5.74) is 0.995. The summed E-state index contributed by atoms with van der Waals surface area (Å²) in [6.45, 7) is 2.18. The van der Waals surface area contributed by atoms with Gasteiger partial charge in [0.05, 0.1) is 6.10 Å². The molecule has 1 aliphatic rings. The summed E-state index contributed by atoms with van der Waals surface area (Å²) in [5, 5.41) is 0. The molecule has 1 aromatic carbocycles. The first-order chi connectivity index (χ1) is 6.77. The van der Waals surface area contributed by atoms with E-state index >= 15 is 0 Å². The molecule has 0 spiro atoms. The minimum absolute atomic E-state index is 0.0262. The zero-order valence-corrected chi connectivity index (χ0v) is 7.97. The number of ether oxygens (including phenoxy) is 2. The van der Waals surface area contributed by atoms with Crippen LogP contribution >= 0.6 is 0 Å². The molecule has 74 valence electrons. The fourth-order valence-corrected chi connectivity index (χ4v) is 1.24. The zero-order valence-electron chi connectivity index (χ0n) is 7.97. The molecule has 2 rings (SSSR count). The molecule has 0 amide bonds. The first kappa shape index (κ1) is 9.21. The third-order valence-corrected chi connectivity index (χ3v) is 2.17. The van der Waals surface area contributed by atoms with Crippen molar-refractivity contribution in [2.75, 3.05) is 0 Å². The molecule has 14 heavy (non-hydrogen) atoms.